The molecule has 154 valence electrons. The number of rotatable bonds is 7. The van der Waals surface area contributed by atoms with Crippen molar-refractivity contribution in [2.75, 3.05) is 23.8 Å². The van der Waals surface area contributed by atoms with Crippen LogP contribution in [0.4, 0.5) is 17.5 Å². The first-order chi connectivity index (χ1) is 14.1. The minimum Gasteiger partial charge on any atom is -0.493 e. The Bertz CT molecular complexity index is 883. The molecule has 1 fully saturated rings. The predicted molar refractivity (Wildman–Crippen MR) is 110 cm³/mol. The molecule has 29 heavy (non-hydrogen) atoms. The van der Waals surface area contributed by atoms with E-state index in [2.05, 4.69) is 26.7 Å². The van der Waals surface area contributed by atoms with Crippen molar-refractivity contribution >= 4 is 17.5 Å². The molecule has 0 atom stereocenters. The van der Waals surface area contributed by atoms with Crippen LogP contribution in [0.3, 0.4) is 0 Å². The number of hydrogen-bond acceptors (Lipinski definition) is 8. The summed E-state index contributed by atoms with van der Waals surface area (Å²) in [4.78, 5) is 19.4. The Morgan fingerprint density at radius 3 is 2.86 bits per heavy atom. The molecule has 9 heteroatoms. The summed E-state index contributed by atoms with van der Waals surface area (Å²) < 4.78 is 5.53. The number of nitrogens with two attached hydrogens (primary N) is 1. The Morgan fingerprint density at radius 1 is 1.24 bits per heavy atom. The van der Waals surface area contributed by atoms with E-state index < -0.39 is 4.92 Å². The van der Waals surface area contributed by atoms with Crippen LogP contribution in [-0.4, -0.2) is 34.1 Å². The topological polar surface area (TPSA) is 128 Å². The minimum absolute atomic E-state index is 0.113. The highest BCUT2D eigenvalue weighted by atomic mass is 16.6. The van der Waals surface area contributed by atoms with Gasteiger partial charge in [0, 0.05) is 25.6 Å². The second-order valence-corrected chi connectivity index (χ2v) is 7.74. The van der Waals surface area contributed by atoms with Crippen LogP contribution in [-0.2, 0) is 13.0 Å². The Hall–Kier alpha value is -2.94. The summed E-state index contributed by atoms with van der Waals surface area (Å²) in [7, 11) is 0. The van der Waals surface area contributed by atoms with Crippen molar-refractivity contribution in [3.63, 3.8) is 0 Å². The monoisotopic (exact) mass is 398 g/mol. The van der Waals surface area contributed by atoms with Gasteiger partial charge < -0.3 is 21.1 Å². The molecule has 0 spiro atoms. The van der Waals surface area contributed by atoms with Gasteiger partial charge in [0.1, 0.15) is 11.9 Å². The van der Waals surface area contributed by atoms with Gasteiger partial charge in [0.25, 0.3) is 0 Å². The van der Waals surface area contributed by atoms with E-state index in [0.717, 1.165) is 50.0 Å². The highest BCUT2D eigenvalue weighted by Crippen LogP contribution is 2.28. The zero-order valence-corrected chi connectivity index (χ0v) is 16.3. The Balaban J connectivity index is 1.41. The Kier molecular flexibility index (Phi) is 5.75. The van der Waals surface area contributed by atoms with E-state index >= 15 is 0 Å². The van der Waals surface area contributed by atoms with Gasteiger partial charge in [-0.15, -0.1) is 0 Å². The van der Waals surface area contributed by atoms with Gasteiger partial charge in [-0.2, -0.15) is 4.98 Å². The maximum Gasteiger partial charge on any atom is 0.329 e. The van der Waals surface area contributed by atoms with Crippen LogP contribution in [0, 0.1) is 16.0 Å². The van der Waals surface area contributed by atoms with Crippen LogP contribution in [0.5, 0.6) is 5.75 Å². The summed E-state index contributed by atoms with van der Waals surface area (Å²) in [5.74, 6) is 2.01. The van der Waals surface area contributed by atoms with Crippen molar-refractivity contribution in [2.24, 2.45) is 11.7 Å². The van der Waals surface area contributed by atoms with Crippen molar-refractivity contribution in [3.05, 3.63) is 45.6 Å². The molecular weight excluding hydrogens is 372 g/mol. The van der Waals surface area contributed by atoms with Gasteiger partial charge in [-0.05, 0) is 48.8 Å². The van der Waals surface area contributed by atoms with E-state index in [-0.39, 0.29) is 17.5 Å². The molecule has 1 aliphatic carbocycles. The highest BCUT2D eigenvalue weighted by molar-refractivity contribution is 5.57. The number of anilines is 2. The summed E-state index contributed by atoms with van der Waals surface area (Å²) in [6.07, 6.45) is 6.22. The molecule has 0 amide bonds. The summed E-state index contributed by atoms with van der Waals surface area (Å²) in [6, 6.07) is 6.35. The third kappa shape index (κ3) is 4.73. The van der Waals surface area contributed by atoms with Gasteiger partial charge in [-0.3, -0.25) is 10.1 Å². The Morgan fingerprint density at radius 2 is 2.07 bits per heavy atom. The van der Waals surface area contributed by atoms with Gasteiger partial charge in [0.15, 0.2) is 0 Å². The number of aromatic nitrogens is 2. The number of nitro groups is 1. The van der Waals surface area contributed by atoms with Crippen LogP contribution in [0.15, 0.2) is 24.4 Å². The molecule has 2 heterocycles. The second-order valence-electron chi connectivity index (χ2n) is 7.74. The van der Waals surface area contributed by atoms with Gasteiger partial charge in [-0.1, -0.05) is 12.1 Å². The maximum atomic E-state index is 11.4. The van der Waals surface area contributed by atoms with Crippen molar-refractivity contribution < 1.29 is 9.66 Å². The fourth-order valence-corrected chi connectivity index (χ4v) is 3.89. The number of benzene rings is 1. The van der Waals surface area contributed by atoms with Crippen molar-refractivity contribution in [1.82, 2.24) is 9.97 Å². The van der Waals surface area contributed by atoms with Crippen molar-refractivity contribution in [1.29, 1.82) is 0 Å². The molecule has 1 aliphatic heterocycles. The predicted octanol–water partition coefficient (Wildman–Crippen LogP) is 2.86. The molecule has 0 bridgehead atoms. The first-order valence-electron chi connectivity index (χ1n) is 10.1. The molecule has 0 saturated heterocycles. The van der Waals surface area contributed by atoms with Crippen molar-refractivity contribution in [3.8, 4) is 5.75 Å². The molecule has 1 saturated carbocycles. The SMILES string of the molecule is N[C@H]1CC[C@H](CNc2nc(NCc3ccc4c(c3)CCO4)ncc2[N+](=O)[O-])CC1. The minimum atomic E-state index is -0.455. The molecule has 4 rings (SSSR count). The largest absolute Gasteiger partial charge is 0.493 e. The fraction of sp³-hybridized carbons (Fsp3) is 0.500. The van der Waals surface area contributed by atoms with Gasteiger partial charge in [-0.25, -0.2) is 4.98 Å². The molecule has 0 radical (unpaired) electrons. The first-order valence-corrected chi connectivity index (χ1v) is 10.1. The lowest BCUT2D eigenvalue weighted by Crippen LogP contribution is -2.29. The van der Waals surface area contributed by atoms with E-state index in [0.29, 0.717) is 25.0 Å². The van der Waals surface area contributed by atoms with Crippen LogP contribution >= 0.6 is 0 Å². The molecule has 9 nitrogen and oxygen atoms in total. The standard InChI is InChI=1S/C20H26N6O3/c21-16-4-1-13(2-5-16)10-22-19-17(26(27)28)12-24-20(25-19)23-11-14-3-6-18-15(9-14)7-8-29-18/h3,6,9,12-13,16H,1-2,4-5,7-8,10-11,21H2,(H2,22,23,24,25)/t13-,16-. The normalized spacial score (nSPS) is 20.6. The van der Waals surface area contributed by atoms with Crippen LogP contribution in [0.1, 0.15) is 36.8 Å². The number of fused-ring (bicyclic) bond motifs is 1. The quantitative estimate of drug-likeness (QED) is 0.480. The molecule has 0 unspecified atom stereocenters. The summed E-state index contributed by atoms with van der Waals surface area (Å²) in [5, 5.41) is 17.7. The molecule has 1 aromatic heterocycles. The number of nitrogens with one attached hydrogen (secondary N) is 2. The van der Waals surface area contributed by atoms with E-state index in [1.807, 2.05) is 12.1 Å². The second kappa shape index (κ2) is 8.60. The Labute approximate surface area is 169 Å². The van der Waals surface area contributed by atoms with Gasteiger partial charge in [0.2, 0.25) is 11.8 Å². The van der Waals surface area contributed by atoms with E-state index in [1.165, 1.54) is 11.8 Å². The van der Waals surface area contributed by atoms with Gasteiger partial charge in [0.05, 0.1) is 11.5 Å². The molecule has 4 N–H and O–H groups in total. The number of ether oxygens (including phenoxy) is 1. The number of nitrogens with zero attached hydrogens (tertiary/aromatic N) is 3. The van der Waals surface area contributed by atoms with Crippen molar-refractivity contribution in [2.45, 2.75) is 44.7 Å². The molecule has 1 aromatic carbocycles. The zero-order chi connectivity index (χ0) is 20.2. The third-order valence-corrected chi connectivity index (χ3v) is 5.62. The summed E-state index contributed by atoms with van der Waals surface area (Å²) in [6.45, 7) is 1.90. The number of hydrogen-bond donors (Lipinski definition) is 3. The van der Waals surface area contributed by atoms with E-state index in [9.17, 15) is 10.1 Å². The van der Waals surface area contributed by atoms with Crippen LogP contribution < -0.4 is 21.1 Å². The lowest BCUT2D eigenvalue weighted by atomic mass is 9.86. The first kappa shape index (κ1) is 19.4. The molecule has 2 aromatic rings. The van der Waals surface area contributed by atoms with E-state index in [1.54, 1.807) is 0 Å². The van der Waals surface area contributed by atoms with Crippen LogP contribution in [0.25, 0.3) is 0 Å². The maximum absolute atomic E-state index is 11.4. The fourth-order valence-electron chi connectivity index (χ4n) is 3.89. The summed E-state index contributed by atoms with van der Waals surface area (Å²) >= 11 is 0. The highest BCUT2D eigenvalue weighted by Gasteiger charge is 2.22. The smallest absolute Gasteiger partial charge is 0.329 e. The summed E-state index contributed by atoms with van der Waals surface area (Å²) in [5.41, 5.74) is 8.13. The third-order valence-electron chi connectivity index (χ3n) is 5.62. The van der Waals surface area contributed by atoms with Gasteiger partial charge >= 0.3 is 5.69 Å². The lowest BCUT2D eigenvalue weighted by molar-refractivity contribution is -0.384. The van der Waals surface area contributed by atoms with E-state index in [4.69, 9.17) is 10.5 Å². The van der Waals surface area contributed by atoms with Crippen LogP contribution in [0.2, 0.25) is 0 Å². The molecular formula is C20H26N6O3. The average Bonchev–Trinajstić information content (AvgIpc) is 3.19. The molecule has 2 aliphatic rings. The average molecular weight is 398 g/mol. The lowest BCUT2D eigenvalue weighted by Gasteiger charge is -2.26. The zero-order valence-electron chi connectivity index (χ0n) is 16.3.